The summed E-state index contributed by atoms with van der Waals surface area (Å²) < 4.78 is 16.0. The van der Waals surface area contributed by atoms with Crippen LogP contribution in [0.25, 0.3) is 0 Å². The molecule has 0 aliphatic carbocycles. The van der Waals surface area contributed by atoms with Gasteiger partial charge in [0, 0.05) is 24.7 Å². The second-order valence-electron chi connectivity index (χ2n) is 8.94. The molecule has 3 N–H and O–H groups in total. The Labute approximate surface area is 226 Å². The number of rotatable bonds is 13. The Bertz CT molecular complexity index is 1300. The third kappa shape index (κ3) is 6.54. The third-order valence-corrected chi connectivity index (χ3v) is 6.28. The normalized spacial score (nSPS) is 12.1. The summed E-state index contributed by atoms with van der Waals surface area (Å²) in [7, 11) is 2.70. The minimum atomic E-state index is -1.20. The number of Topliss-reactive ketones (excluding diaryl/α,β-unsaturated/α-hetero) is 1. The highest BCUT2D eigenvalue weighted by Gasteiger charge is 2.30. The number of carboxylic acids is 1. The zero-order valence-electron chi connectivity index (χ0n) is 22.5. The zero-order valence-corrected chi connectivity index (χ0v) is 22.5. The molecule has 2 aromatic rings. The molecule has 39 heavy (non-hydrogen) atoms. The van der Waals surface area contributed by atoms with Crippen LogP contribution in [0.1, 0.15) is 74.5 Å². The Kier molecular flexibility index (Phi) is 9.64. The van der Waals surface area contributed by atoms with Gasteiger partial charge in [-0.1, -0.05) is 13.3 Å². The van der Waals surface area contributed by atoms with Crippen molar-refractivity contribution in [2.24, 2.45) is 0 Å². The van der Waals surface area contributed by atoms with Crippen molar-refractivity contribution in [1.82, 2.24) is 10.2 Å². The highest BCUT2D eigenvalue weighted by Crippen LogP contribution is 2.32. The number of aryl methyl sites for hydroxylation is 1. The number of amides is 1. The molecule has 0 fully saturated rings. The summed E-state index contributed by atoms with van der Waals surface area (Å²) in [4.78, 5) is 51.1. The summed E-state index contributed by atoms with van der Waals surface area (Å²) in [5.41, 5.74) is 2.29. The molecule has 1 aliphatic rings. The molecule has 1 heterocycles. The average molecular weight is 540 g/mol. The number of benzene rings is 2. The van der Waals surface area contributed by atoms with Gasteiger partial charge in [-0.3, -0.25) is 15.0 Å². The van der Waals surface area contributed by atoms with E-state index < -0.39 is 18.5 Å². The van der Waals surface area contributed by atoms with Gasteiger partial charge in [-0.05, 0) is 55.2 Å². The molecular weight excluding hydrogens is 506 g/mol. The molecule has 0 aromatic heterocycles. The Morgan fingerprint density at radius 2 is 1.82 bits per heavy atom. The van der Waals surface area contributed by atoms with E-state index in [2.05, 4.69) is 5.32 Å². The number of unbranched alkanes of at least 4 members (excludes halogenated alkanes) is 1. The van der Waals surface area contributed by atoms with Crippen molar-refractivity contribution in [1.29, 1.82) is 5.41 Å². The molecule has 0 unspecified atom stereocenters. The number of carbonyl (C=O) groups excluding carboxylic acids is 3. The second kappa shape index (κ2) is 12.9. The fourth-order valence-corrected chi connectivity index (χ4v) is 4.38. The molecule has 11 heteroatoms. The number of ketones is 1. The maximum atomic E-state index is 13.4. The van der Waals surface area contributed by atoms with Gasteiger partial charge < -0.3 is 29.5 Å². The first-order valence-corrected chi connectivity index (χ1v) is 12.6. The Hall–Kier alpha value is -4.41. The first-order valence-electron chi connectivity index (χ1n) is 12.6. The summed E-state index contributed by atoms with van der Waals surface area (Å²) in [6, 6.07) is 6.25. The third-order valence-electron chi connectivity index (χ3n) is 6.28. The van der Waals surface area contributed by atoms with Crippen molar-refractivity contribution in [3.63, 3.8) is 0 Å². The number of ether oxygens (including phenoxy) is 3. The lowest BCUT2D eigenvalue weighted by molar-refractivity contribution is -0.139. The first kappa shape index (κ1) is 29.2. The zero-order chi connectivity index (χ0) is 28.7. The van der Waals surface area contributed by atoms with Crippen LogP contribution in [0.4, 0.5) is 0 Å². The van der Waals surface area contributed by atoms with Crippen LogP contribution in [0, 0.1) is 5.41 Å². The van der Waals surface area contributed by atoms with Crippen LogP contribution >= 0.6 is 0 Å². The van der Waals surface area contributed by atoms with Crippen LogP contribution in [0.5, 0.6) is 11.5 Å². The molecule has 0 saturated heterocycles. The molecule has 0 radical (unpaired) electrons. The average Bonchev–Trinajstić information content (AvgIpc) is 3.22. The number of methoxy groups -OCH3 is 1. The predicted molar refractivity (Wildman–Crippen MR) is 142 cm³/mol. The second-order valence-corrected chi connectivity index (χ2v) is 8.94. The maximum absolute atomic E-state index is 13.4. The number of fused-ring (bicyclic) bond motifs is 1. The van der Waals surface area contributed by atoms with Crippen molar-refractivity contribution in [2.75, 3.05) is 33.9 Å². The minimum Gasteiger partial charge on any atom is -0.493 e. The number of amidine groups is 1. The summed E-state index contributed by atoms with van der Waals surface area (Å²) >= 11 is 0. The standard InChI is InChI=1S/C28H33N3O8/c1-5-7-8-16-9-17(10-21(28(36)37-4)25(16)39-15-24(33)34)22(32)14-31-13-18-11-23(38-6-2)20(27(35)30-3)12-19(18)26(31)29/h9-12,29H,5-8,13-15H2,1-4H3,(H,30,35)(H,33,34). The summed E-state index contributed by atoms with van der Waals surface area (Å²) in [5, 5.41) is 20.3. The van der Waals surface area contributed by atoms with E-state index in [0.717, 1.165) is 18.4 Å². The van der Waals surface area contributed by atoms with Crippen molar-refractivity contribution < 1.29 is 38.5 Å². The molecule has 0 saturated carbocycles. The van der Waals surface area contributed by atoms with Crippen LogP contribution in [0.2, 0.25) is 0 Å². The minimum absolute atomic E-state index is 0.0351. The molecule has 1 aliphatic heterocycles. The highest BCUT2D eigenvalue weighted by molar-refractivity contribution is 6.08. The molecular formula is C28H33N3O8. The smallest absolute Gasteiger partial charge is 0.341 e. The van der Waals surface area contributed by atoms with E-state index in [1.165, 1.54) is 20.2 Å². The quantitative estimate of drug-likeness (QED) is 0.257. The Morgan fingerprint density at radius 1 is 1.08 bits per heavy atom. The SMILES string of the molecule is CCCCc1cc(C(=O)CN2Cc3cc(OCC)c(C(=O)NC)cc3C2=N)cc(C(=O)OC)c1OCC(=O)O. The van der Waals surface area contributed by atoms with Gasteiger partial charge in [0.05, 0.1) is 25.8 Å². The number of hydrogen-bond donors (Lipinski definition) is 3. The summed E-state index contributed by atoms with van der Waals surface area (Å²) in [6.07, 6.45) is 2.02. The maximum Gasteiger partial charge on any atom is 0.341 e. The van der Waals surface area contributed by atoms with Crippen LogP contribution < -0.4 is 14.8 Å². The molecule has 1 amide bonds. The molecule has 3 rings (SSSR count). The lowest BCUT2D eigenvalue weighted by atomic mass is 9.97. The van der Waals surface area contributed by atoms with Crippen LogP contribution in [-0.4, -0.2) is 73.4 Å². The predicted octanol–water partition coefficient (Wildman–Crippen LogP) is 3.06. The molecule has 11 nitrogen and oxygen atoms in total. The van der Waals surface area contributed by atoms with Gasteiger partial charge in [0.1, 0.15) is 22.9 Å². The molecule has 0 spiro atoms. The van der Waals surface area contributed by atoms with Crippen molar-refractivity contribution >= 4 is 29.5 Å². The highest BCUT2D eigenvalue weighted by atomic mass is 16.5. The topological polar surface area (TPSA) is 155 Å². The largest absolute Gasteiger partial charge is 0.493 e. The van der Waals surface area contributed by atoms with E-state index in [1.807, 2.05) is 13.8 Å². The van der Waals surface area contributed by atoms with Crippen LogP contribution in [0.3, 0.4) is 0 Å². The fourth-order valence-electron chi connectivity index (χ4n) is 4.38. The number of hydrogen-bond acceptors (Lipinski definition) is 8. The van der Waals surface area contributed by atoms with Gasteiger partial charge in [0.2, 0.25) is 0 Å². The number of carboxylic acid groups (broad SMARTS) is 1. The van der Waals surface area contributed by atoms with Crippen LogP contribution in [0.15, 0.2) is 24.3 Å². The van der Waals surface area contributed by atoms with Crippen molar-refractivity contribution in [3.8, 4) is 11.5 Å². The molecule has 2 aromatic carbocycles. The van der Waals surface area contributed by atoms with Gasteiger partial charge in [-0.2, -0.15) is 0 Å². The van der Waals surface area contributed by atoms with Crippen molar-refractivity contribution in [3.05, 3.63) is 57.6 Å². The van der Waals surface area contributed by atoms with E-state index in [1.54, 1.807) is 23.1 Å². The Balaban J connectivity index is 1.94. The number of nitrogens with zero attached hydrogens (tertiary/aromatic N) is 1. The van der Waals surface area contributed by atoms with E-state index in [-0.39, 0.29) is 47.5 Å². The number of nitrogens with one attached hydrogen (secondary N) is 2. The lowest BCUT2D eigenvalue weighted by Crippen LogP contribution is -2.30. The summed E-state index contributed by atoms with van der Waals surface area (Å²) in [5.74, 6) is -2.08. The number of esters is 1. The molecule has 208 valence electrons. The van der Waals surface area contributed by atoms with Gasteiger partial charge in [0.15, 0.2) is 12.4 Å². The van der Waals surface area contributed by atoms with Crippen LogP contribution in [-0.2, 0) is 22.5 Å². The van der Waals surface area contributed by atoms with E-state index in [4.69, 9.17) is 24.7 Å². The van der Waals surface area contributed by atoms with Crippen molar-refractivity contribution in [2.45, 2.75) is 39.7 Å². The van der Waals surface area contributed by atoms with Gasteiger partial charge in [-0.25, -0.2) is 9.59 Å². The fraction of sp³-hybridized carbons (Fsp3) is 0.393. The molecule has 0 atom stereocenters. The number of carbonyl (C=O) groups is 4. The first-order chi connectivity index (χ1) is 18.6. The van der Waals surface area contributed by atoms with Gasteiger partial charge in [-0.15, -0.1) is 0 Å². The van der Waals surface area contributed by atoms with Gasteiger partial charge >= 0.3 is 11.9 Å². The lowest BCUT2D eigenvalue weighted by Gasteiger charge is -2.19. The Morgan fingerprint density at radius 3 is 2.44 bits per heavy atom. The molecule has 0 bridgehead atoms. The number of aliphatic carboxylic acids is 1. The van der Waals surface area contributed by atoms with E-state index in [0.29, 0.717) is 35.5 Å². The summed E-state index contributed by atoms with van der Waals surface area (Å²) in [6.45, 7) is 3.61. The monoisotopic (exact) mass is 539 g/mol. The van der Waals surface area contributed by atoms with E-state index in [9.17, 15) is 19.2 Å². The van der Waals surface area contributed by atoms with E-state index >= 15 is 0 Å². The van der Waals surface area contributed by atoms with Gasteiger partial charge in [0.25, 0.3) is 5.91 Å².